The molecule has 0 fully saturated rings. The smallest absolute Gasteiger partial charge is 0.149 e. The van der Waals surface area contributed by atoms with Gasteiger partial charge < -0.3 is 5.11 Å². The van der Waals surface area contributed by atoms with Crippen molar-refractivity contribution in [1.29, 1.82) is 0 Å². The van der Waals surface area contributed by atoms with E-state index in [-0.39, 0.29) is 10.8 Å². The van der Waals surface area contributed by atoms with Crippen LogP contribution in [0.4, 0.5) is 0 Å². The first-order valence-corrected chi connectivity index (χ1v) is 14.1. The van der Waals surface area contributed by atoms with Crippen molar-refractivity contribution < 1.29 is 5.11 Å². The van der Waals surface area contributed by atoms with Crippen molar-refractivity contribution >= 4 is 27.0 Å². The van der Waals surface area contributed by atoms with Crippen LogP contribution < -0.4 is 0 Å². The minimum Gasteiger partial charge on any atom is -0.507 e. The average Bonchev–Trinajstić information content (AvgIpc) is 3.17. The molecule has 3 nitrogen and oxygen atoms in total. The van der Waals surface area contributed by atoms with E-state index in [1.165, 1.54) is 22.4 Å². The van der Waals surface area contributed by atoms with Gasteiger partial charge in [0.05, 0.1) is 16.8 Å². The van der Waals surface area contributed by atoms with Crippen molar-refractivity contribution in [3.05, 3.63) is 75.3 Å². The summed E-state index contributed by atoms with van der Waals surface area (Å²) in [4.78, 5) is 5.22. The zero-order valence-corrected chi connectivity index (χ0v) is 25.6. The molecule has 3 aromatic carbocycles. The summed E-state index contributed by atoms with van der Waals surface area (Å²) in [5.41, 5.74) is 8.21. The monoisotopic (exact) mass is 560 g/mol. The van der Waals surface area contributed by atoms with Gasteiger partial charge in [-0.3, -0.25) is 4.57 Å². The first kappa shape index (κ1) is 27.4. The summed E-state index contributed by atoms with van der Waals surface area (Å²) in [6, 6.07) is 17.2. The Labute approximate surface area is 231 Å². The number of hydrogen-bond acceptors (Lipinski definition) is 2. The Morgan fingerprint density at radius 3 is 1.89 bits per heavy atom. The second-order valence-corrected chi connectivity index (χ2v) is 13.7. The summed E-state index contributed by atoms with van der Waals surface area (Å²) in [7, 11) is 0. The van der Waals surface area contributed by atoms with Gasteiger partial charge in [-0.25, -0.2) is 4.98 Å². The van der Waals surface area contributed by atoms with Crippen LogP contribution in [0, 0.1) is 0 Å². The lowest BCUT2D eigenvalue weighted by molar-refractivity contribution is 0.446. The minimum atomic E-state index is -0.226. The van der Waals surface area contributed by atoms with Gasteiger partial charge in [0.2, 0.25) is 0 Å². The molecule has 0 spiro atoms. The molecule has 4 aromatic rings. The number of phenolic OH excluding ortho intramolecular Hbond substituents is 1. The second kappa shape index (κ2) is 9.62. The summed E-state index contributed by atoms with van der Waals surface area (Å²) < 4.78 is 3.24. The van der Waals surface area contributed by atoms with Crippen molar-refractivity contribution in [1.82, 2.24) is 9.55 Å². The Kier molecular flexibility index (Phi) is 7.13. The molecule has 0 radical (unpaired) electrons. The first-order valence-electron chi connectivity index (χ1n) is 13.3. The van der Waals surface area contributed by atoms with Crippen LogP contribution in [-0.4, -0.2) is 14.7 Å². The number of aromatic nitrogens is 2. The first-order chi connectivity index (χ1) is 17.1. The van der Waals surface area contributed by atoms with Gasteiger partial charge in [0.15, 0.2) is 0 Å². The third-order valence-corrected chi connectivity index (χ3v) is 7.87. The molecule has 4 rings (SSSR count). The molecule has 0 atom stereocenters. The fourth-order valence-corrected chi connectivity index (χ4v) is 5.50. The standard InChI is InChI=1S/C33H41BrN2O/c1-19(2)22-13-11-14-23(20(3)4)29(22)36-27-16-12-15-26(34)28(27)35-31(36)24-17-21(32(5,6)7)18-25(30(24)37)33(8,9)10/h11-20,37H,1-10H3. The van der Waals surface area contributed by atoms with Crippen molar-refractivity contribution in [3.63, 3.8) is 0 Å². The molecule has 1 N–H and O–H groups in total. The molecule has 196 valence electrons. The van der Waals surface area contributed by atoms with Gasteiger partial charge in [-0.2, -0.15) is 0 Å². The van der Waals surface area contributed by atoms with Gasteiger partial charge >= 0.3 is 0 Å². The number of hydrogen-bond donors (Lipinski definition) is 1. The number of phenols is 1. The molecule has 0 aliphatic rings. The molecular weight excluding hydrogens is 520 g/mol. The lowest BCUT2D eigenvalue weighted by atomic mass is 9.79. The van der Waals surface area contributed by atoms with Crippen LogP contribution in [0.2, 0.25) is 0 Å². The van der Waals surface area contributed by atoms with Crippen LogP contribution in [0.25, 0.3) is 28.1 Å². The van der Waals surface area contributed by atoms with Gasteiger partial charge in [-0.15, -0.1) is 0 Å². The zero-order chi connectivity index (χ0) is 27.4. The highest BCUT2D eigenvalue weighted by atomic mass is 79.9. The lowest BCUT2D eigenvalue weighted by Gasteiger charge is -2.28. The Morgan fingerprint density at radius 1 is 0.811 bits per heavy atom. The highest BCUT2D eigenvalue weighted by molar-refractivity contribution is 9.10. The van der Waals surface area contributed by atoms with Crippen LogP contribution in [0.5, 0.6) is 5.75 Å². The Morgan fingerprint density at radius 2 is 1.38 bits per heavy atom. The van der Waals surface area contributed by atoms with E-state index in [1.54, 1.807) is 0 Å². The maximum absolute atomic E-state index is 11.8. The number of aromatic hydroxyl groups is 1. The summed E-state index contributed by atoms with van der Waals surface area (Å²) in [5.74, 6) is 1.73. The molecule has 37 heavy (non-hydrogen) atoms. The number of imidazole rings is 1. The van der Waals surface area contributed by atoms with E-state index in [0.29, 0.717) is 17.6 Å². The van der Waals surface area contributed by atoms with E-state index in [1.807, 2.05) is 6.07 Å². The average molecular weight is 562 g/mol. The molecule has 0 aliphatic carbocycles. The van der Waals surface area contributed by atoms with Gasteiger partial charge in [0.1, 0.15) is 17.1 Å². The summed E-state index contributed by atoms with van der Waals surface area (Å²) in [6.07, 6.45) is 0. The molecule has 1 heterocycles. The van der Waals surface area contributed by atoms with Gasteiger partial charge in [-0.05, 0) is 73.5 Å². The maximum Gasteiger partial charge on any atom is 0.149 e. The Bertz CT molecular complexity index is 1440. The molecule has 0 bridgehead atoms. The van der Waals surface area contributed by atoms with Crippen LogP contribution in [-0.2, 0) is 10.8 Å². The largest absolute Gasteiger partial charge is 0.507 e. The molecular formula is C33H41BrN2O. The SMILES string of the molecule is CC(C)c1cccc(C(C)C)c1-n1c(-c2cc(C(C)(C)C)cc(C(C)(C)C)c2O)nc2c(Br)cccc21. The third-order valence-electron chi connectivity index (χ3n) is 7.23. The lowest BCUT2D eigenvalue weighted by Crippen LogP contribution is -2.17. The van der Waals surface area contributed by atoms with Crippen molar-refractivity contribution in [3.8, 4) is 22.8 Å². The predicted molar refractivity (Wildman–Crippen MR) is 161 cm³/mol. The summed E-state index contributed by atoms with van der Waals surface area (Å²) >= 11 is 3.76. The molecule has 0 aliphatic heterocycles. The third kappa shape index (κ3) is 4.97. The normalized spacial score (nSPS) is 12.8. The summed E-state index contributed by atoms with van der Waals surface area (Å²) in [5, 5.41) is 11.8. The zero-order valence-electron chi connectivity index (χ0n) is 24.0. The summed E-state index contributed by atoms with van der Waals surface area (Å²) in [6.45, 7) is 22.1. The number of fused-ring (bicyclic) bond motifs is 1. The van der Waals surface area contributed by atoms with Crippen molar-refractivity contribution in [2.24, 2.45) is 0 Å². The van der Waals surface area contributed by atoms with E-state index in [2.05, 4.69) is 132 Å². The van der Waals surface area contributed by atoms with Gasteiger partial charge in [-0.1, -0.05) is 99.6 Å². The molecule has 0 amide bonds. The number of halogens is 1. The number of para-hydroxylation sites is 2. The van der Waals surface area contributed by atoms with Gasteiger partial charge in [0.25, 0.3) is 0 Å². The fourth-order valence-electron chi connectivity index (χ4n) is 5.05. The minimum absolute atomic E-state index is 0.0845. The van der Waals surface area contributed by atoms with Crippen LogP contribution in [0.15, 0.2) is 53.0 Å². The van der Waals surface area contributed by atoms with Gasteiger partial charge in [0, 0.05) is 10.0 Å². The highest BCUT2D eigenvalue weighted by Crippen LogP contribution is 2.45. The highest BCUT2D eigenvalue weighted by Gasteiger charge is 2.29. The molecule has 0 saturated carbocycles. The quantitative estimate of drug-likeness (QED) is 0.269. The fraction of sp³-hybridized carbons (Fsp3) is 0.424. The van der Waals surface area contributed by atoms with Crippen molar-refractivity contribution in [2.75, 3.05) is 0 Å². The Balaban J connectivity index is 2.24. The van der Waals surface area contributed by atoms with E-state index >= 15 is 0 Å². The van der Waals surface area contributed by atoms with Crippen molar-refractivity contribution in [2.45, 2.75) is 91.9 Å². The maximum atomic E-state index is 11.8. The predicted octanol–water partition coefficient (Wildman–Crippen LogP) is 10.0. The van der Waals surface area contributed by atoms with E-state index < -0.39 is 0 Å². The van der Waals surface area contributed by atoms with Crippen LogP contribution in [0.3, 0.4) is 0 Å². The Hall–Kier alpha value is -2.59. The molecule has 0 unspecified atom stereocenters. The molecule has 1 aromatic heterocycles. The number of nitrogens with zero attached hydrogens (tertiary/aromatic N) is 2. The van der Waals surface area contributed by atoms with E-state index in [4.69, 9.17) is 4.98 Å². The van der Waals surface area contributed by atoms with E-state index in [9.17, 15) is 5.11 Å². The van der Waals surface area contributed by atoms with Crippen LogP contribution >= 0.6 is 15.9 Å². The molecule has 0 saturated heterocycles. The topological polar surface area (TPSA) is 38.0 Å². The number of rotatable bonds is 4. The number of benzene rings is 3. The van der Waals surface area contributed by atoms with Crippen LogP contribution in [0.1, 0.15) is 103 Å². The second-order valence-electron chi connectivity index (χ2n) is 12.9. The van der Waals surface area contributed by atoms with E-state index in [0.717, 1.165) is 32.5 Å². The molecule has 4 heteroatoms.